The minimum Gasteiger partial charge on any atom is -0.467 e. The molecule has 1 fully saturated rings. The largest absolute Gasteiger partial charge is 0.467 e. The molecular formula is C32H31N9O4. The Hall–Kier alpha value is -5.69. The lowest BCUT2D eigenvalue weighted by Crippen LogP contribution is -2.37. The van der Waals surface area contributed by atoms with E-state index in [2.05, 4.69) is 25.5 Å². The highest BCUT2D eigenvalue weighted by molar-refractivity contribution is 6.00. The number of carbonyl (C=O) groups excluding carboxylic acids is 2. The molecule has 4 heterocycles. The Bertz CT molecular complexity index is 1820. The Kier molecular flexibility index (Phi) is 8.42. The van der Waals surface area contributed by atoms with Crippen LogP contribution in [0.4, 0.5) is 22.0 Å². The summed E-state index contributed by atoms with van der Waals surface area (Å²) in [5.41, 5.74) is 5.43. The molecule has 0 bridgehead atoms. The minimum absolute atomic E-state index is 0.109. The third-order valence-corrected chi connectivity index (χ3v) is 7.17. The summed E-state index contributed by atoms with van der Waals surface area (Å²) in [5.74, 6) is 1.15. The van der Waals surface area contributed by atoms with Crippen molar-refractivity contribution in [2.45, 2.75) is 0 Å². The number of hydrogen-bond donors (Lipinski definition) is 2. The van der Waals surface area contributed by atoms with E-state index in [0.717, 1.165) is 22.5 Å². The van der Waals surface area contributed by atoms with E-state index >= 15 is 0 Å². The van der Waals surface area contributed by atoms with Gasteiger partial charge in [0.2, 0.25) is 0 Å². The molecule has 3 amide bonds. The average Bonchev–Trinajstić information content (AvgIpc) is 3.08. The highest BCUT2D eigenvalue weighted by Gasteiger charge is 2.20. The number of anilines is 3. The second kappa shape index (κ2) is 12.9. The molecule has 1 aliphatic rings. The van der Waals surface area contributed by atoms with Gasteiger partial charge in [-0.05, 0) is 54.6 Å². The second-order valence-corrected chi connectivity index (χ2v) is 10.5. The van der Waals surface area contributed by atoms with Gasteiger partial charge in [-0.1, -0.05) is 0 Å². The SMILES string of the molecule is COc1ncc(-c2cnc3c(N4CCOCC4)nc(-c4ccc(NC(=O)Nc5ccc(C(=O)N(C)C)cc5)cc4)nc3c2)cn1. The van der Waals surface area contributed by atoms with Crippen molar-refractivity contribution in [3.05, 3.63) is 78.8 Å². The Balaban J connectivity index is 1.24. The number of pyridine rings is 1. The van der Waals surface area contributed by atoms with Crippen LogP contribution in [0.2, 0.25) is 0 Å². The highest BCUT2D eigenvalue weighted by atomic mass is 16.5. The molecule has 0 radical (unpaired) electrons. The molecule has 0 aliphatic carbocycles. The monoisotopic (exact) mass is 605 g/mol. The quantitative estimate of drug-likeness (QED) is 0.275. The Morgan fingerprint density at radius 1 is 0.822 bits per heavy atom. The summed E-state index contributed by atoms with van der Waals surface area (Å²) >= 11 is 0. The summed E-state index contributed by atoms with van der Waals surface area (Å²) in [7, 11) is 4.90. The van der Waals surface area contributed by atoms with Gasteiger partial charge in [-0.25, -0.2) is 24.7 Å². The minimum atomic E-state index is -0.410. The summed E-state index contributed by atoms with van der Waals surface area (Å²) in [5, 5.41) is 5.62. The third kappa shape index (κ3) is 6.63. The first-order valence-corrected chi connectivity index (χ1v) is 14.2. The van der Waals surface area contributed by atoms with Gasteiger partial charge in [0.1, 0.15) is 5.52 Å². The number of nitrogens with one attached hydrogen (secondary N) is 2. The first kappa shape index (κ1) is 29.4. The van der Waals surface area contributed by atoms with E-state index in [1.54, 1.807) is 69.1 Å². The number of aromatic nitrogens is 5. The zero-order chi connectivity index (χ0) is 31.3. The van der Waals surface area contributed by atoms with Crippen molar-refractivity contribution in [3.8, 4) is 28.5 Å². The van der Waals surface area contributed by atoms with E-state index in [1.807, 2.05) is 18.2 Å². The average molecular weight is 606 g/mol. The standard InChI is InChI=1S/C32H31N9O4/c1-40(2)30(42)21-6-10-25(11-7-21)37-31(43)36-24-8-4-20(5-9-24)28-38-26-16-22(23-18-34-32(44-3)35-19-23)17-33-27(26)29(39-28)41-12-14-45-15-13-41/h4-11,16-19H,12-15H2,1-3H3,(H2,36,37,43). The van der Waals surface area contributed by atoms with E-state index in [-0.39, 0.29) is 11.9 Å². The van der Waals surface area contributed by atoms with Crippen LogP contribution in [-0.4, -0.2) is 89.3 Å². The molecule has 6 rings (SSSR count). The van der Waals surface area contributed by atoms with Gasteiger partial charge in [-0.2, -0.15) is 0 Å². The van der Waals surface area contributed by atoms with Gasteiger partial charge in [0.05, 0.1) is 25.8 Å². The lowest BCUT2D eigenvalue weighted by molar-refractivity contribution is 0.0827. The number of fused-ring (bicyclic) bond motifs is 1. The maximum Gasteiger partial charge on any atom is 0.323 e. The molecule has 2 N–H and O–H groups in total. The maximum atomic E-state index is 12.7. The fourth-order valence-electron chi connectivity index (χ4n) is 4.81. The van der Waals surface area contributed by atoms with Crippen molar-refractivity contribution >= 4 is 40.2 Å². The highest BCUT2D eigenvalue weighted by Crippen LogP contribution is 2.30. The van der Waals surface area contributed by atoms with Crippen LogP contribution >= 0.6 is 0 Å². The molecule has 1 aliphatic heterocycles. The third-order valence-electron chi connectivity index (χ3n) is 7.17. The lowest BCUT2D eigenvalue weighted by atomic mass is 10.1. The zero-order valence-electron chi connectivity index (χ0n) is 25.0. The summed E-state index contributed by atoms with van der Waals surface area (Å²) in [6.45, 7) is 2.58. The Labute approximate surface area is 259 Å². The molecule has 5 aromatic rings. The molecule has 1 saturated heterocycles. The maximum absolute atomic E-state index is 12.7. The summed E-state index contributed by atoms with van der Waals surface area (Å²) in [6, 6.07) is 15.8. The van der Waals surface area contributed by atoms with Crippen LogP contribution < -0.4 is 20.3 Å². The second-order valence-electron chi connectivity index (χ2n) is 10.5. The van der Waals surface area contributed by atoms with Crippen molar-refractivity contribution in [3.63, 3.8) is 0 Å². The van der Waals surface area contributed by atoms with Gasteiger partial charge in [0.25, 0.3) is 5.91 Å². The van der Waals surface area contributed by atoms with E-state index < -0.39 is 6.03 Å². The number of amides is 3. The van der Waals surface area contributed by atoms with Gasteiger partial charge >= 0.3 is 12.0 Å². The Morgan fingerprint density at radius 3 is 2.07 bits per heavy atom. The van der Waals surface area contributed by atoms with Crippen LogP contribution in [0.25, 0.3) is 33.5 Å². The molecule has 0 unspecified atom stereocenters. The summed E-state index contributed by atoms with van der Waals surface area (Å²) in [4.78, 5) is 51.4. The van der Waals surface area contributed by atoms with Crippen molar-refractivity contribution in [1.82, 2.24) is 29.8 Å². The first-order chi connectivity index (χ1) is 21.9. The van der Waals surface area contributed by atoms with Crippen molar-refractivity contribution in [2.24, 2.45) is 0 Å². The topological polar surface area (TPSA) is 148 Å². The van der Waals surface area contributed by atoms with Crippen molar-refractivity contribution in [1.29, 1.82) is 0 Å². The molecule has 3 aromatic heterocycles. The predicted molar refractivity (Wildman–Crippen MR) is 170 cm³/mol. The van der Waals surface area contributed by atoms with Crippen LogP contribution in [0.1, 0.15) is 10.4 Å². The smallest absolute Gasteiger partial charge is 0.323 e. The normalized spacial score (nSPS) is 12.9. The number of nitrogens with zero attached hydrogens (tertiary/aromatic N) is 7. The van der Waals surface area contributed by atoms with Crippen LogP contribution in [-0.2, 0) is 4.74 Å². The molecule has 45 heavy (non-hydrogen) atoms. The number of methoxy groups -OCH3 is 1. The van der Waals surface area contributed by atoms with Gasteiger partial charge in [0, 0.05) is 79.4 Å². The molecule has 0 spiro atoms. The fraction of sp³-hybridized carbons (Fsp3) is 0.219. The predicted octanol–water partition coefficient (Wildman–Crippen LogP) is 4.34. The Morgan fingerprint density at radius 2 is 1.44 bits per heavy atom. The van der Waals surface area contributed by atoms with E-state index in [1.165, 1.54) is 12.0 Å². The number of benzene rings is 2. The number of morpholine rings is 1. The van der Waals surface area contributed by atoms with Crippen LogP contribution in [0.15, 0.2) is 73.2 Å². The van der Waals surface area contributed by atoms with Gasteiger partial charge in [0.15, 0.2) is 11.6 Å². The van der Waals surface area contributed by atoms with E-state index in [4.69, 9.17) is 24.4 Å². The zero-order valence-corrected chi connectivity index (χ0v) is 25.0. The fourth-order valence-corrected chi connectivity index (χ4v) is 4.81. The molecule has 0 atom stereocenters. The number of urea groups is 1. The van der Waals surface area contributed by atoms with Crippen LogP contribution in [0.3, 0.4) is 0 Å². The number of hydrogen-bond acceptors (Lipinski definition) is 10. The summed E-state index contributed by atoms with van der Waals surface area (Å²) < 4.78 is 10.6. The van der Waals surface area contributed by atoms with Crippen molar-refractivity contribution < 1.29 is 19.1 Å². The summed E-state index contributed by atoms with van der Waals surface area (Å²) in [6.07, 6.45) is 5.13. The molecule has 0 saturated carbocycles. The lowest BCUT2D eigenvalue weighted by Gasteiger charge is -2.28. The molecule has 2 aromatic carbocycles. The van der Waals surface area contributed by atoms with E-state index in [9.17, 15) is 9.59 Å². The number of ether oxygens (including phenoxy) is 2. The molecule has 13 nitrogen and oxygen atoms in total. The van der Waals surface area contributed by atoms with Crippen molar-refractivity contribution in [2.75, 3.05) is 63.0 Å². The molecular weight excluding hydrogens is 574 g/mol. The number of rotatable bonds is 7. The van der Waals surface area contributed by atoms with Crippen LogP contribution in [0, 0.1) is 0 Å². The first-order valence-electron chi connectivity index (χ1n) is 14.2. The van der Waals surface area contributed by atoms with Crippen LogP contribution in [0.5, 0.6) is 6.01 Å². The molecule has 13 heteroatoms. The van der Waals surface area contributed by atoms with Gasteiger partial charge in [-0.3, -0.25) is 9.78 Å². The number of carbonyl (C=O) groups is 2. The van der Waals surface area contributed by atoms with E-state index in [0.29, 0.717) is 60.1 Å². The molecule has 228 valence electrons. The van der Waals surface area contributed by atoms with Gasteiger partial charge in [-0.15, -0.1) is 0 Å². The van der Waals surface area contributed by atoms with Gasteiger partial charge < -0.3 is 29.9 Å².